The molecule has 3 aromatic rings. The minimum absolute atomic E-state index is 0.0513. The van der Waals surface area contributed by atoms with Gasteiger partial charge in [0.05, 0.1) is 10.7 Å². The molecule has 1 heterocycles. The van der Waals surface area contributed by atoms with Crippen molar-refractivity contribution >= 4 is 23.2 Å². The number of carbonyl (C=O) groups is 1. The Morgan fingerprint density at radius 2 is 1.88 bits per heavy atom. The van der Waals surface area contributed by atoms with Crippen molar-refractivity contribution in [3.05, 3.63) is 69.6 Å². The average molecular weight is 366 g/mol. The Morgan fingerprint density at radius 3 is 2.60 bits per heavy atom. The Morgan fingerprint density at radius 1 is 1.12 bits per heavy atom. The minimum atomic E-state index is -1.10. The summed E-state index contributed by atoms with van der Waals surface area (Å²) in [6, 6.07) is 9.42. The van der Waals surface area contributed by atoms with Crippen LogP contribution in [0.4, 0.5) is 14.5 Å². The number of carbonyl (C=O) groups excluding carboxylic acids is 1. The second kappa shape index (κ2) is 6.81. The highest BCUT2D eigenvalue weighted by Gasteiger charge is 2.14. The van der Waals surface area contributed by atoms with Crippen LogP contribution in [0.3, 0.4) is 0 Å². The quantitative estimate of drug-likeness (QED) is 0.766. The molecule has 0 aliphatic heterocycles. The summed E-state index contributed by atoms with van der Waals surface area (Å²) in [7, 11) is 0. The van der Waals surface area contributed by atoms with Gasteiger partial charge in [-0.1, -0.05) is 23.7 Å². The first-order valence-corrected chi connectivity index (χ1v) is 7.36. The summed E-state index contributed by atoms with van der Waals surface area (Å²) >= 11 is 6.00. The monoisotopic (exact) mass is 365 g/mol. The van der Waals surface area contributed by atoms with E-state index in [1.54, 1.807) is 24.3 Å². The van der Waals surface area contributed by atoms with Crippen LogP contribution < -0.4 is 11.0 Å². The molecule has 0 unspecified atom stereocenters. The molecule has 1 aromatic heterocycles. The highest BCUT2D eigenvalue weighted by Crippen LogP contribution is 2.17. The van der Waals surface area contributed by atoms with E-state index in [-0.39, 0.29) is 5.69 Å². The SMILES string of the molecule is O=C(Cn1nnn(-c2ccccc2Cl)c1=O)Nc1ccc(F)c(F)c1. The second-order valence-corrected chi connectivity index (χ2v) is 5.37. The van der Waals surface area contributed by atoms with Gasteiger partial charge in [0, 0.05) is 11.8 Å². The van der Waals surface area contributed by atoms with E-state index in [1.165, 1.54) is 6.07 Å². The number of halogens is 3. The summed E-state index contributed by atoms with van der Waals surface area (Å²) in [5, 5.41) is 9.92. The number of tetrazole rings is 1. The molecular formula is C15H10ClF2N5O2. The predicted molar refractivity (Wildman–Crippen MR) is 85.6 cm³/mol. The molecule has 0 spiro atoms. The lowest BCUT2D eigenvalue weighted by atomic mass is 10.3. The number of nitrogens with one attached hydrogen (secondary N) is 1. The Hall–Kier alpha value is -3.07. The molecule has 0 fully saturated rings. The molecular weight excluding hydrogens is 356 g/mol. The molecule has 0 aliphatic rings. The number of hydrogen-bond acceptors (Lipinski definition) is 4. The number of hydrogen-bond donors (Lipinski definition) is 1. The molecule has 0 atom stereocenters. The fraction of sp³-hybridized carbons (Fsp3) is 0.0667. The van der Waals surface area contributed by atoms with Crippen molar-refractivity contribution in [3.8, 4) is 5.69 Å². The number of aromatic nitrogens is 4. The van der Waals surface area contributed by atoms with Crippen molar-refractivity contribution in [1.82, 2.24) is 19.8 Å². The molecule has 25 heavy (non-hydrogen) atoms. The van der Waals surface area contributed by atoms with Crippen LogP contribution in [0.5, 0.6) is 0 Å². The summed E-state index contributed by atoms with van der Waals surface area (Å²) in [5.74, 6) is -2.78. The first-order valence-electron chi connectivity index (χ1n) is 6.98. The van der Waals surface area contributed by atoms with Gasteiger partial charge in [-0.05, 0) is 34.7 Å². The normalized spacial score (nSPS) is 10.7. The van der Waals surface area contributed by atoms with Gasteiger partial charge in [0.2, 0.25) is 5.91 Å². The Kier molecular flexibility index (Phi) is 4.57. The lowest BCUT2D eigenvalue weighted by Gasteiger charge is -2.05. The van der Waals surface area contributed by atoms with Gasteiger partial charge < -0.3 is 5.32 Å². The van der Waals surface area contributed by atoms with Gasteiger partial charge in [-0.15, -0.1) is 0 Å². The van der Waals surface area contributed by atoms with Crippen LogP contribution in [0.2, 0.25) is 5.02 Å². The number of rotatable bonds is 4. The summed E-state index contributed by atoms with van der Waals surface area (Å²) in [6.45, 7) is -0.456. The molecule has 3 rings (SSSR count). The maximum Gasteiger partial charge on any atom is 0.369 e. The van der Waals surface area contributed by atoms with Crippen LogP contribution in [-0.4, -0.2) is 25.7 Å². The number of benzene rings is 2. The fourth-order valence-corrected chi connectivity index (χ4v) is 2.27. The first kappa shape index (κ1) is 16.8. The summed E-state index contributed by atoms with van der Waals surface area (Å²) < 4.78 is 27.8. The number of nitrogens with zero attached hydrogens (tertiary/aromatic N) is 4. The predicted octanol–water partition coefficient (Wildman–Crippen LogP) is 2.00. The molecule has 7 nitrogen and oxygen atoms in total. The third kappa shape index (κ3) is 3.56. The van der Waals surface area contributed by atoms with Crippen molar-refractivity contribution in [2.75, 3.05) is 5.32 Å². The third-order valence-electron chi connectivity index (χ3n) is 3.22. The summed E-state index contributed by atoms with van der Waals surface area (Å²) in [6.07, 6.45) is 0. The third-order valence-corrected chi connectivity index (χ3v) is 3.54. The van der Waals surface area contributed by atoms with E-state index in [0.29, 0.717) is 10.7 Å². The van der Waals surface area contributed by atoms with Gasteiger partial charge in [-0.3, -0.25) is 4.79 Å². The zero-order chi connectivity index (χ0) is 18.0. The van der Waals surface area contributed by atoms with Crippen LogP contribution in [0.15, 0.2) is 47.3 Å². The van der Waals surface area contributed by atoms with Crippen LogP contribution in [0.1, 0.15) is 0 Å². The van der Waals surface area contributed by atoms with E-state index < -0.39 is 29.8 Å². The Balaban J connectivity index is 1.77. The first-order chi connectivity index (χ1) is 12.0. The van der Waals surface area contributed by atoms with Gasteiger partial charge in [0.15, 0.2) is 11.6 Å². The number of para-hydroxylation sites is 1. The highest BCUT2D eigenvalue weighted by atomic mass is 35.5. The lowest BCUT2D eigenvalue weighted by Crippen LogP contribution is -2.29. The van der Waals surface area contributed by atoms with Crippen LogP contribution in [0.25, 0.3) is 5.69 Å². The maximum absolute atomic E-state index is 13.1. The topological polar surface area (TPSA) is 81.8 Å². The van der Waals surface area contributed by atoms with Crippen LogP contribution in [0, 0.1) is 11.6 Å². The number of amides is 1. The van der Waals surface area contributed by atoms with Crippen LogP contribution in [-0.2, 0) is 11.3 Å². The van der Waals surface area contributed by atoms with Crippen molar-refractivity contribution in [1.29, 1.82) is 0 Å². The Labute approximate surface area is 144 Å². The van der Waals surface area contributed by atoms with E-state index in [1.807, 2.05) is 0 Å². The number of anilines is 1. The fourth-order valence-electron chi connectivity index (χ4n) is 2.06. The van der Waals surface area contributed by atoms with Gasteiger partial charge in [0.1, 0.15) is 6.54 Å². The molecule has 128 valence electrons. The molecule has 1 N–H and O–H groups in total. The van der Waals surface area contributed by atoms with Gasteiger partial charge in [-0.25, -0.2) is 13.6 Å². The van der Waals surface area contributed by atoms with Crippen molar-refractivity contribution in [2.24, 2.45) is 0 Å². The maximum atomic E-state index is 13.1. The zero-order valence-corrected chi connectivity index (χ0v) is 13.2. The summed E-state index contributed by atoms with van der Waals surface area (Å²) in [5.41, 5.74) is -0.301. The minimum Gasteiger partial charge on any atom is -0.324 e. The molecule has 0 radical (unpaired) electrons. The lowest BCUT2D eigenvalue weighted by molar-refractivity contribution is -0.117. The molecule has 10 heteroatoms. The molecule has 1 amide bonds. The van der Waals surface area contributed by atoms with Gasteiger partial charge in [-0.2, -0.15) is 9.36 Å². The van der Waals surface area contributed by atoms with Crippen LogP contribution >= 0.6 is 11.6 Å². The van der Waals surface area contributed by atoms with Crippen molar-refractivity contribution in [3.63, 3.8) is 0 Å². The van der Waals surface area contributed by atoms with E-state index in [4.69, 9.17) is 11.6 Å². The van der Waals surface area contributed by atoms with Gasteiger partial charge >= 0.3 is 5.69 Å². The molecule has 0 bridgehead atoms. The second-order valence-electron chi connectivity index (χ2n) is 4.96. The largest absolute Gasteiger partial charge is 0.369 e. The van der Waals surface area contributed by atoms with E-state index >= 15 is 0 Å². The van der Waals surface area contributed by atoms with Crippen molar-refractivity contribution in [2.45, 2.75) is 6.54 Å². The van der Waals surface area contributed by atoms with E-state index in [0.717, 1.165) is 21.5 Å². The Bertz CT molecular complexity index is 1000. The molecule has 2 aromatic carbocycles. The molecule has 0 saturated heterocycles. The van der Waals surface area contributed by atoms with Crippen molar-refractivity contribution < 1.29 is 13.6 Å². The standard InChI is InChI=1S/C15H10ClF2N5O2/c16-10-3-1-2-4-13(10)23-15(25)22(20-21-23)8-14(24)19-9-5-6-11(17)12(18)7-9/h1-7H,8H2,(H,19,24). The smallest absolute Gasteiger partial charge is 0.324 e. The van der Waals surface area contributed by atoms with Gasteiger partial charge in [0.25, 0.3) is 0 Å². The summed E-state index contributed by atoms with van der Waals surface area (Å²) in [4.78, 5) is 24.2. The zero-order valence-electron chi connectivity index (χ0n) is 12.5. The molecule has 0 aliphatic carbocycles. The highest BCUT2D eigenvalue weighted by molar-refractivity contribution is 6.32. The molecule has 0 saturated carbocycles. The average Bonchev–Trinajstić information content (AvgIpc) is 2.92. The van der Waals surface area contributed by atoms with E-state index in [2.05, 4.69) is 15.7 Å². The van der Waals surface area contributed by atoms with E-state index in [9.17, 15) is 18.4 Å².